The molecular weight excluding hydrogens is 406 g/mol. The van der Waals surface area contributed by atoms with Gasteiger partial charge in [0, 0.05) is 37.4 Å². The summed E-state index contributed by atoms with van der Waals surface area (Å²) in [6.45, 7) is 5.44. The molecule has 0 aromatic carbocycles. The van der Waals surface area contributed by atoms with Gasteiger partial charge in [0.05, 0.1) is 29.5 Å². The summed E-state index contributed by atoms with van der Waals surface area (Å²) >= 11 is 0. The largest absolute Gasteiger partial charge is 0.337 e. The Morgan fingerprint density at radius 1 is 1.09 bits per heavy atom. The normalized spacial score (nSPS) is 22.0. The number of aromatic nitrogens is 3. The monoisotopic (exact) mass is 439 g/mol. The van der Waals surface area contributed by atoms with Gasteiger partial charge in [0.2, 0.25) is 11.8 Å². The summed E-state index contributed by atoms with van der Waals surface area (Å²) in [5.74, 6) is 0.393. The molecule has 1 aliphatic carbocycles. The van der Waals surface area contributed by atoms with Crippen LogP contribution in [0.5, 0.6) is 0 Å². The van der Waals surface area contributed by atoms with Crippen molar-refractivity contribution in [3.8, 4) is 0 Å². The summed E-state index contributed by atoms with van der Waals surface area (Å²) in [7, 11) is 0. The maximum Gasteiger partial charge on any atom is 0.277 e. The second-order valence-electron chi connectivity index (χ2n) is 9.94. The van der Waals surface area contributed by atoms with E-state index in [1.165, 1.54) is 4.52 Å². The zero-order valence-electron chi connectivity index (χ0n) is 19.1. The lowest BCUT2D eigenvalue weighted by atomic mass is 9.96. The molecule has 8 heteroatoms. The number of likely N-dealkylation sites (tertiary alicyclic amines) is 1. The van der Waals surface area contributed by atoms with Crippen LogP contribution >= 0.6 is 0 Å². The summed E-state index contributed by atoms with van der Waals surface area (Å²) in [6, 6.07) is 1.91. The van der Waals surface area contributed by atoms with Crippen LogP contribution in [0.3, 0.4) is 0 Å². The molecule has 1 N–H and O–H groups in total. The second kappa shape index (κ2) is 8.37. The maximum atomic E-state index is 13.3. The standard InChI is InChI=1S/C24H33N5O3/c1-15(2)22(30)27-12-10-18-17(14-27)24(32)29-21(25-18)13-19(26-29)20-9-5-6-11-28(20)23(31)16-7-3-4-8-16/h13,15-16,20,26H,3-12,14H2,1-2H3/t20-/m0/s1. The number of nitrogens with zero attached hydrogens (tertiary/aromatic N) is 4. The molecule has 4 heterocycles. The number of rotatable bonds is 3. The Morgan fingerprint density at radius 2 is 1.84 bits per heavy atom. The van der Waals surface area contributed by atoms with Crippen LogP contribution in [0.25, 0.3) is 5.65 Å². The molecule has 172 valence electrons. The summed E-state index contributed by atoms with van der Waals surface area (Å²) in [6.07, 6.45) is 7.86. The second-order valence-corrected chi connectivity index (χ2v) is 9.94. The van der Waals surface area contributed by atoms with E-state index in [2.05, 4.69) is 5.10 Å². The van der Waals surface area contributed by atoms with Crippen LogP contribution in [-0.2, 0) is 22.6 Å². The molecule has 0 spiro atoms. The molecular formula is C24H33N5O3. The molecule has 0 unspecified atom stereocenters. The van der Waals surface area contributed by atoms with Crippen LogP contribution in [0, 0.1) is 11.8 Å². The number of hydrogen-bond acceptors (Lipinski definition) is 4. The van der Waals surface area contributed by atoms with E-state index in [4.69, 9.17) is 4.98 Å². The minimum absolute atomic E-state index is 0.0333. The van der Waals surface area contributed by atoms with Crippen LogP contribution in [0.15, 0.2) is 10.9 Å². The minimum atomic E-state index is -0.137. The lowest BCUT2D eigenvalue weighted by molar-refractivity contribution is -0.139. The number of nitrogens with one attached hydrogen (secondary N) is 1. The molecule has 2 aliphatic heterocycles. The highest BCUT2D eigenvalue weighted by molar-refractivity contribution is 5.80. The molecule has 2 aromatic heterocycles. The van der Waals surface area contributed by atoms with E-state index in [1.807, 2.05) is 24.8 Å². The highest BCUT2D eigenvalue weighted by atomic mass is 16.2. The first-order valence-corrected chi connectivity index (χ1v) is 12.2. The Balaban J connectivity index is 1.47. The number of hydrogen-bond donors (Lipinski definition) is 1. The Morgan fingerprint density at radius 3 is 2.59 bits per heavy atom. The van der Waals surface area contributed by atoms with Gasteiger partial charge < -0.3 is 9.80 Å². The number of fused-ring (bicyclic) bond motifs is 2. The van der Waals surface area contributed by atoms with E-state index in [0.29, 0.717) is 30.7 Å². The molecule has 2 amide bonds. The van der Waals surface area contributed by atoms with E-state index in [9.17, 15) is 14.4 Å². The summed E-state index contributed by atoms with van der Waals surface area (Å²) in [5, 5.41) is 3.27. The molecule has 0 radical (unpaired) electrons. The van der Waals surface area contributed by atoms with Gasteiger partial charge in [-0.1, -0.05) is 26.7 Å². The van der Waals surface area contributed by atoms with Gasteiger partial charge in [0.1, 0.15) is 0 Å². The number of piperidine rings is 1. The highest BCUT2D eigenvalue weighted by Crippen LogP contribution is 2.35. The fourth-order valence-electron chi connectivity index (χ4n) is 5.65. The molecule has 3 aliphatic rings. The Bertz CT molecular complexity index is 1090. The van der Waals surface area contributed by atoms with Crippen LogP contribution in [0.1, 0.15) is 81.8 Å². The molecule has 2 aromatic rings. The van der Waals surface area contributed by atoms with Crippen molar-refractivity contribution in [2.24, 2.45) is 11.8 Å². The van der Waals surface area contributed by atoms with Gasteiger partial charge in [0.15, 0.2) is 5.65 Å². The smallest absolute Gasteiger partial charge is 0.277 e. The van der Waals surface area contributed by atoms with Gasteiger partial charge in [-0.25, -0.2) is 9.50 Å². The van der Waals surface area contributed by atoms with Crippen molar-refractivity contribution in [2.75, 3.05) is 13.1 Å². The quantitative estimate of drug-likeness (QED) is 0.796. The van der Waals surface area contributed by atoms with E-state index in [0.717, 1.165) is 62.9 Å². The van der Waals surface area contributed by atoms with Gasteiger partial charge in [0.25, 0.3) is 5.56 Å². The average molecular weight is 440 g/mol. The highest BCUT2D eigenvalue weighted by Gasteiger charge is 2.35. The number of carbonyl (C=O) groups excluding carboxylic acids is 2. The molecule has 2 fully saturated rings. The van der Waals surface area contributed by atoms with Crippen LogP contribution in [-0.4, -0.2) is 49.3 Å². The van der Waals surface area contributed by atoms with Gasteiger partial charge in [-0.3, -0.25) is 19.5 Å². The van der Waals surface area contributed by atoms with Crippen molar-refractivity contribution in [2.45, 2.75) is 77.8 Å². The molecule has 1 saturated heterocycles. The van der Waals surface area contributed by atoms with Gasteiger partial charge >= 0.3 is 0 Å². The summed E-state index contributed by atoms with van der Waals surface area (Å²) in [5.41, 5.74) is 2.74. The van der Waals surface area contributed by atoms with Crippen molar-refractivity contribution in [1.82, 2.24) is 24.4 Å². The van der Waals surface area contributed by atoms with Gasteiger partial charge in [-0.2, -0.15) is 0 Å². The van der Waals surface area contributed by atoms with E-state index < -0.39 is 0 Å². The molecule has 1 atom stereocenters. The summed E-state index contributed by atoms with van der Waals surface area (Å²) < 4.78 is 1.50. The zero-order valence-corrected chi connectivity index (χ0v) is 19.1. The Labute approximate surface area is 188 Å². The third-order valence-electron chi connectivity index (χ3n) is 7.44. The SMILES string of the molecule is CC(C)C(=O)N1CCc2nc3cc([C@@H]4CCCCN4C(=O)C4CCCC4)[nH]n3c(=O)c2C1. The van der Waals surface area contributed by atoms with Crippen molar-refractivity contribution < 1.29 is 9.59 Å². The molecule has 32 heavy (non-hydrogen) atoms. The first kappa shape index (κ1) is 21.2. The predicted octanol–water partition coefficient (Wildman–Crippen LogP) is 2.81. The topological polar surface area (TPSA) is 90.8 Å². The van der Waals surface area contributed by atoms with E-state index in [1.54, 1.807) is 4.90 Å². The molecule has 0 bridgehead atoms. The Kier molecular flexibility index (Phi) is 5.55. The number of aromatic amines is 1. The van der Waals surface area contributed by atoms with Crippen molar-refractivity contribution in [1.29, 1.82) is 0 Å². The molecule has 1 saturated carbocycles. The van der Waals surface area contributed by atoms with Crippen LogP contribution < -0.4 is 5.56 Å². The number of amides is 2. The third-order valence-corrected chi connectivity index (χ3v) is 7.44. The molecule has 8 nitrogen and oxygen atoms in total. The molecule has 5 rings (SSSR count). The van der Waals surface area contributed by atoms with E-state index >= 15 is 0 Å². The first-order valence-electron chi connectivity index (χ1n) is 12.2. The fraction of sp³-hybridized carbons (Fsp3) is 0.667. The lowest BCUT2D eigenvalue weighted by Gasteiger charge is -2.36. The average Bonchev–Trinajstić information content (AvgIpc) is 3.48. The first-order chi connectivity index (χ1) is 15.4. The van der Waals surface area contributed by atoms with Crippen molar-refractivity contribution in [3.05, 3.63) is 33.4 Å². The lowest BCUT2D eigenvalue weighted by Crippen LogP contribution is -2.42. The third kappa shape index (κ3) is 3.63. The van der Waals surface area contributed by atoms with Gasteiger partial charge in [-0.05, 0) is 32.1 Å². The van der Waals surface area contributed by atoms with Crippen molar-refractivity contribution >= 4 is 17.5 Å². The van der Waals surface area contributed by atoms with Crippen molar-refractivity contribution in [3.63, 3.8) is 0 Å². The number of H-pyrrole nitrogens is 1. The van der Waals surface area contributed by atoms with Crippen LogP contribution in [0.2, 0.25) is 0 Å². The summed E-state index contributed by atoms with van der Waals surface area (Å²) in [4.78, 5) is 47.5. The zero-order chi connectivity index (χ0) is 22.4. The number of carbonyl (C=O) groups is 2. The minimum Gasteiger partial charge on any atom is -0.337 e. The Hall–Kier alpha value is -2.64. The maximum absolute atomic E-state index is 13.3. The van der Waals surface area contributed by atoms with E-state index in [-0.39, 0.29) is 35.3 Å². The van der Waals surface area contributed by atoms with Crippen LogP contribution in [0.4, 0.5) is 0 Å². The predicted molar refractivity (Wildman–Crippen MR) is 120 cm³/mol. The fourth-order valence-corrected chi connectivity index (χ4v) is 5.65. The van der Waals surface area contributed by atoms with Gasteiger partial charge in [-0.15, -0.1) is 0 Å².